The molecule has 1 saturated heterocycles. The smallest absolute Gasteiger partial charge is 0.244 e. The molecule has 0 spiro atoms. The van der Waals surface area contributed by atoms with E-state index in [1.54, 1.807) is 41.3 Å². The van der Waals surface area contributed by atoms with Gasteiger partial charge in [0.25, 0.3) is 0 Å². The molecule has 4 rings (SSSR count). The molecule has 150 valence electrons. The van der Waals surface area contributed by atoms with Crippen LogP contribution in [0.25, 0.3) is 0 Å². The van der Waals surface area contributed by atoms with Gasteiger partial charge in [-0.25, -0.2) is 8.42 Å². The zero-order valence-electron chi connectivity index (χ0n) is 15.1. The molecule has 0 N–H and O–H groups in total. The van der Waals surface area contributed by atoms with E-state index in [-0.39, 0.29) is 58.2 Å². The van der Waals surface area contributed by atoms with Gasteiger partial charge in [-0.1, -0.05) is 59.6 Å². The first-order valence-electron chi connectivity index (χ1n) is 8.90. The molecular weight excluding hydrogens is 435 g/mol. The van der Waals surface area contributed by atoms with E-state index in [1.165, 1.54) is 16.4 Å². The van der Waals surface area contributed by atoms with Crippen molar-refractivity contribution in [2.45, 2.75) is 4.90 Å². The van der Waals surface area contributed by atoms with Gasteiger partial charge in [-0.2, -0.15) is 4.31 Å². The topological polar surface area (TPSA) is 74.8 Å². The van der Waals surface area contributed by atoms with Crippen LogP contribution in [-0.4, -0.2) is 55.4 Å². The van der Waals surface area contributed by atoms with E-state index in [4.69, 9.17) is 23.2 Å². The largest absolute Gasteiger partial charge is 0.364 e. The third-order valence-electron chi connectivity index (χ3n) is 5.05. The number of halogens is 2. The number of rotatable bonds is 3. The highest BCUT2D eigenvalue weighted by molar-refractivity contribution is 7.89. The van der Waals surface area contributed by atoms with Crippen LogP contribution >= 0.6 is 23.2 Å². The Morgan fingerprint density at radius 1 is 0.759 bits per heavy atom. The number of Topliss-reactive ketones (excluding diaryl/α,β-unsaturated/α-hetero) is 2. The van der Waals surface area contributed by atoms with Gasteiger partial charge < -0.3 is 4.90 Å². The van der Waals surface area contributed by atoms with Gasteiger partial charge in [-0.3, -0.25) is 9.59 Å². The van der Waals surface area contributed by atoms with Gasteiger partial charge in [0.1, 0.15) is 15.6 Å². The monoisotopic (exact) mass is 450 g/mol. The van der Waals surface area contributed by atoms with Crippen molar-refractivity contribution in [2.75, 3.05) is 26.2 Å². The number of fused-ring (bicyclic) bond motifs is 1. The van der Waals surface area contributed by atoms with Crippen molar-refractivity contribution in [3.63, 3.8) is 0 Å². The number of piperazine rings is 1. The molecule has 1 heterocycles. The standard InChI is InChI=1S/C20H16Cl2N2O4S/c21-15-7-3-4-8-16(15)29(27,28)24-11-9-23(10-12-24)18-17(22)19(25)13-5-1-2-6-14(13)20(18)26/h1-8H,9-12H2. The first kappa shape index (κ1) is 20.1. The Morgan fingerprint density at radius 2 is 1.31 bits per heavy atom. The third kappa shape index (κ3) is 3.38. The summed E-state index contributed by atoms with van der Waals surface area (Å²) in [7, 11) is -3.76. The van der Waals surface area contributed by atoms with Crippen molar-refractivity contribution >= 4 is 44.8 Å². The van der Waals surface area contributed by atoms with E-state index in [2.05, 4.69) is 0 Å². The zero-order chi connectivity index (χ0) is 20.8. The minimum absolute atomic E-state index is 0.0465. The van der Waals surface area contributed by atoms with Crippen LogP contribution in [0.2, 0.25) is 5.02 Å². The van der Waals surface area contributed by atoms with Gasteiger partial charge in [0.2, 0.25) is 21.6 Å². The summed E-state index contributed by atoms with van der Waals surface area (Å²) in [6.07, 6.45) is 0. The van der Waals surface area contributed by atoms with Crippen LogP contribution in [0.4, 0.5) is 0 Å². The number of hydrogen-bond acceptors (Lipinski definition) is 5. The fourth-order valence-corrected chi connectivity index (χ4v) is 5.78. The molecule has 0 radical (unpaired) electrons. The Hall–Kier alpha value is -2.19. The van der Waals surface area contributed by atoms with Gasteiger partial charge in [0, 0.05) is 37.3 Å². The molecule has 0 amide bonds. The number of ketones is 2. The fourth-order valence-electron chi connectivity index (χ4n) is 3.56. The van der Waals surface area contributed by atoms with E-state index in [0.29, 0.717) is 5.56 Å². The lowest BCUT2D eigenvalue weighted by atomic mass is 9.91. The van der Waals surface area contributed by atoms with E-state index in [1.807, 2.05) is 0 Å². The van der Waals surface area contributed by atoms with Crippen LogP contribution in [0.5, 0.6) is 0 Å². The Bertz CT molecular complexity index is 1150. The molecule has 9 heteroatoms. The summed E-state index contributed by atoms with van der Waals surface area (Å²) in [5.74, 6) is -0.726. The average molecular weight is 451 g/mol. The van der Waals surface area contributed by atoms with E-state index in [0.717, 1.165) is 0 Å². The minimum Gasteiger partial charge on any atom is -0.364 e. The maximum Gasteiger partial charge on any atom is 0.244 e. The van der Waals surface area contributed by atoms with Crippen LogP contribution in [0.1, 0.15) is 20.7 Å². The highest BCUT2D eigenvalue weighted by Crippen LogP contribution is 2.32. The Labute approximate surface area is 178 Å². The molecule has 2 aromatic rings. The van der Waals surface area contributed by atoms with Crippen molar-refractivity contribution in [1.29, 1.82) is 0 Å². The molecular formula is C20H16Cl2N2O4S. The quantitative estimate of drug-likeness (QED) is 0.717. The van der Waals surface area contributed by atoms with Crippen molar-refractivity contribution in [3.05, 3.63) is 75.4 Å². The highest BCUT2D eigenvalue weighted by Gasteiger charge is 2.37. The normalized spacial score (nSPS) is 18.2. The fraction of sp³-hybridized carbons (Fsp3) is 0.200. The molecule has 2 aliphatic rings. The van der Waals surface area contributed by atoms with Crippen LogP contribution in [-0.2, 0) is 10.0 Å². The van der Waals surface area contributed by atoms with Crippen LogP contribution in [0, 0.1) is 0 Å². The molecule has 0 saturated carbocycles. The Kier molecular flexibility index (Phi) is 5.25. The van der Waals surface area contributed by atoms with Crippen molar-refractivity contribution in [3.8, 4) is 0 Å². The predicted octanol–water partition coefficient (Wildman–Crippen LogP) is 3.18. The summed E-state index contributed by atoms with van der Waals surface area (Å²) >= 11 is 12.3. The number of hydrogen-bond donors (Lipinski definition) is 0. The SMILES string of the molecule is O=C1C(Cl)=C(N2CCN(S(=O)(=O)c3ccccc3Cl)CC2)C(=O)c2ccccc21. The second-order valence-electron chi connectivity index (χ2n) is 6.69. The molecule has 1 fully saturated rings. The predicted molar refractivity (Wildman–Crippen MR) is 110 cm³/mol. The third-order valence-corrected chi connectivity index (χ3v) is 7.80. The summed E-state index contributed by atoms with van der Waals surface area (Å²) in [6.45, 7) is 0.752. The summed E-state index contributed by atoms with van der Waals surface area (Å²) in [5.41, 5.74) is 0.722. The first-order valence-corrected chi connectivity index (χ1v) is 11.1. The molecule has 0 bridgehead atoms. The Balaban J connectivity index is 1.58. The zero-order valence-corrected chi connectivity index (χ0v) is 17.5. The summed E-state index contributed by atoms with van der Waals surface area (Å²) in [5, 5.41) is 0.0291. The van der Waals surface area contributed by atoms with Gasteiger partial charge in [0.05, 0.1) is 5.02 Å². The van der Waals surface area contributed by atoms with E-state index < -0.39 is 15.8 Å². The van der Waals surface area contributed by atoms with Crippen LogP contribution in [0.3, 0.4) is 0 Å². The van der Waals surface area contributed by atoms with Gasteiger partial charge in [-0.15, -0.1) is 0 Å². The second kappa shape index (κ2) is 7.57. The minimum atomic E-state index is -3.76. The maximum absolute atomic E-state index is 12.9. The summed E-state index contributed by atoms with van der Waals surface area (Å²) < 4.78 is 27.1. The molecule has 1 aliphatic carbocycles. The molecule has 0 unspecified atom stereocenters. The molecule has 0 aromatic heterocycles. The highest BCUT2D eigenvalue weighted by atomic mass is 35.5. The van der Waals surface area contributed by atoms with Crippen LogP contribution < -0.4 is 0 Å². The number of allylic oxidation sites excluding steroid dienone is 2. The lowest BCUT2D eigenvalue weighted by Gasteiger charge is -2.37. The van der Waals surface area contributed by atoms with Crippen molar-refractivity contribution < 1.29 is 18.0 Å². The lowest BCUT2D eigenvalue weighted by molar-refractivity contribution is 0.0933. The molecule has 29 heavy (non-hydrogen) atoms. The maximum atomic E-state index is 12.9. The first-order chi connectivity index (χ1) is 13.8. The molecule has 1 aliphatic heterocycles. The molecule has 2 aromatic carbocycles. The van der Waals surface area contributed by atoms with Crippen molar-refractivity contribution in [1.82, 2.24) is 9.21 Å². The lowest BCUT2D eigenvalue weighted by Crippen LogP contribution is -2.49. The Morgan fingerprint density at radius 3 is 1.93 bits per heavy atom. The average Bonchev–Trinajstić information content (AvgIpc) is 2.73. The second-order valence-corrected chi connectivity index (χ2v) is 9.38. The number of carbonyl (C=O) groups is 2. The number of benzene rings is 2. The number of carbonyl (C=O) groups excluding carboxylic acids is 2. The molecule has 6 nitrogen and oxygen atoms in total. The van der Waals surface area contributed by atoms with E-state index >= 15 is 0 Å². The summed E-state index contributed by atoms with van der Waals surface area (Å²) in [4.78, 5) is 27.2. The molecule has 0 atom stereocenters. The van der Waals surface area contributed by atoms with Gasteiger partial charge in [-0.05, 0) is 12.1 Å². The van der Waals surface area contributed by atoms with Crippen LogP contribution in [0.15, 0.2) is 64.2 Å². The van der Waals surface area contributed by atoms with Gasteiger partial charge >= 0.3 is 0 Å². The van der Waals surface area contributed by atoms with E-state index in [9.17, 15) is 18.0 Å². The summed E-state index contributed by atoms with van der Waals surface area (Å²) in [6, 6.07) is 12.8. The van der Waals surface area contributed by atoms with Crippen molar-refractivity contribution in [2.24, 2.45) is 0 Å². The van der Waals surface area contributed by atoms with Gasteiger partial charge in [0.15, 0.2) is 0 Å². The number of nitrogens with zero attached hydrogens (tertiary/aromatic N) is 2. The number of sulfonamides is 1.